The van der Waals surface area contributed by atoms with Crippen LogP contribution >= 0.6 is 0 Å². The van der Waals surface area contributed by atoms with Crippen molar-refractivity contribution in [3.63, 3.8) is 0 Å². The van der Waals surface area contributed by atoms with Gasteiger partial charge < -0.3 is 20.3 Å². The molecule has 0 radical (unpaired) electrons. The highest BCUT2D eigenvalue weighted by atomic mass is 16.5. The monoisotopic (exact) mass is 313 g/mol. The van der Waals surface area contributed by atoms with E-state index in [1.54, 1.807) is 7.11 Å². The van der Waals surface area contributed by atoms with Crippen LogP contribution in [0, 0.1) is 5.92 Å². The zero-order valence-electron chi connectivity index (χ0n) is 14.2. The fraction of sp³-hybridized carbons (Fsp3) is 0.875. The van der Waals surface area contributed by atoms with Gasteiger partial charge in [-0.1, -0.05) is 13.3 Å². The molecule has 22 heavy (non-hydrogen) atoms. The number of ether oxygens (including phenoxy) is 1. The minimum Gasteiger partial charge on any atom is -0.383 e. The second kappa shape index (κ2) is 10.6. The summed E-state index contributed by atoms with van der Waals surface area (Å²) in [4.78, 5) is 26.3. The lowest BCUT2D eigenvalue weighted by molar-refractivity contribution is -0.137. The van der Waals surface area contributed by atoms with Gasteiger partial charge in [-0.15, -0.1) is 0 Å². The number of piperidine rings is 1. The normalized spacial score (nSPS) is 21.7. The number of hydrogen-bond donors (Lipinski definition) is 2. The molecule has 6 nitrogen and oxygen atoms in total. The van der Waals surface area contributed by atoms with Gasteiger partial charge in [0.1, 0.15) is 0 Å². The molecule has 1 fully saturated rings. The Labute approximate surface area is 134 Å². The maximum Gasteiger partial charge on any atom is 0.236 e. The van der Waals surface area contributed by atoms with E-state index in [0.717, 1.165) is 32.2 Å². The van der Waals surface area contributed by atoms with Crippen molar-refractivity contribution in [2.24, 2.45) is 5.92 Å². The zero-order chi connectivity index (χ0) is 16.4. The molecule has 1 rings (SSSR count). The van der Waals surface area contributed by atoms with Crippen molar-refractivity contribution in [3.05, 3.63) is 0 Å². The van der Waals surface area contributed by atoms with E-state index in [-0.39, 0.29) is 23.8 Å². The molecule has 6 heteroatoms. The number of carbonyl (C=O) groups is 2. The van der Waals surface area contributed by atoms with Crippen LogP contribution in [0.25, 0.3) is 0 Å². The Morgan fingerprint density at radius 1 is 1.27 bits per heavy atom. The molecular weight excluding hydrogens is 282 g/mol. The topological polar surface area (TPSA) is 70.7 Å². The standard InChI is InChI=1S/C16H31N3O3/c1-4-5-8-18-16(21)14-7-6-13(2)19(12-14)15(20)11-17-9-10-22-3/h13-14,17H,4-12H2,1-3H3,(H,18,21). The fourth-order valence-corrected chi connectivity index (χ4v) is 2.67. The SMILES string of the molecule is CCCCNC(=O)C1CCC(C)N(C(=O)CNCCOC)C1. The second-order valence-electron chi connectivity index (χ2n) is 5.98. The fourth-order valence-electron chi connectivity index (χ4n) is 2.67. The molecule has 0 aromatic carbocycles. The molecule has 0 aliphatic carbocycles. The maximum absolute atomic E-state index is 12.3. The van der Waals surface area contributed by atoms with Crippen LogP contribution in [0.1, 0.15) is 39.5 Å². The van der Waals surface area contributed by atoms with Crippen LogP contribution in [0.2, 0.25) is 0 Å². The summed E-state index contributed by atoms with van der Waals surface area (Å²) in [5, 5.41) is 6.05. The molecule has 1 aliphatic rings. The Balaban J connectivity index is 2.41. The van der Waals surface area contributed by atoms with Crippen LogP contribution in [0.5, 0.6) is 0 Å². The lowest BCUT2D eigenvalue weighted by Crippen LogP contribution is -2.51. The van der Waals surface area contributed by atoms with Gasteiger partial charge >= 0.3 is 0 Å². The minimum absolute atomic E-state index is 0.0645. The Hall–Kier alpha value is -1.14. The first-order valence-corrected chi connectivity index (χ1v) is 8.37. The van der Waals surface area contributed by atoms with Gasteiger partial charge in [0.05, 0.1) is 19.1 Å². The third kappa shape index (κ3) is 6.32. The average molecular weight is 313 g/mol. The van der Waals surface area contributed by atoms with Gasteiger partial charge in [-0.05, 0) is 26.2 Å². The van der Waals surface area contributed by atoms with Crippen LogP contribution in [0.3, 0.4) is 0 Å². The number of hydrogen-bond acceptors (Lipinski definition) is 4. The van der Waals surface area contributed by atoms with Gasteiger partial charge in [-0.2, -0.15) is 0 Å². The first-order chi connectivity index (χ1) is 10.6. The summed E-state index contributed by atoms with van der Waals surface area (Å²) >= 11 is 0. The maximum atomic E-state index is 12.3. The molecular formula is C16H31N3O3. The number of rotatable bonds is 9. The number of methoxy groups -OCH3 is 1. The summed E-state index contributed by atoms with van der Waals surface area (Å²) in [5.74, 6) is 0.0798. The van der Waals surface area contributed by atoms with Gasteiger partial charge in [-0.3, -0.25) is 9.59 Å². The predicted molar refractivity (Wildman–Crippen MR) is 86.6 cm³/mol. The third-order valence-corrected chi connectivity index (χ3v) is 4.16. The number of nitrogens with zero attached hydrogens (tertiary/aromatic N) is 1. The second-order valence-corrected chi connectivity index (χ2v) is 5.98. The highest BCUT2D eigenvalue weighted by molar-refractivity contribution is 5.82. The molecule has 2 N–H and O–H groups in total. The molecule has 1 heterocycles. The van der Waals surface area contributed by atoms with Crippen LogP contribution in [0.15, 0.2) is 0 Å². The Morgan fingerprint density at radius 2 is 2.05 bits per heavy atom. The van der Waals surface area contributed by atoms with Crippen molar-refractivity contribution in [2.45, 2.75) is 45.6 Å². The van der Waals surface area contributed by atoms with Crippen LogP contribution in [0.4, 0.5) is 0 Å². The summed E-state index contributed by atoms with van der Waals surface area (Å²) in [6, 6.07) is 0.205. The van der Waals surface area contributed by atoms with Crippen molar-refractivity contribution in [1.29, 1.82) is 0 Å². The quantitative estimate of drug-likeness (QED) is 0.617. The highest BCUT2D eigenvalue weighted by Crippen LogP contribution is 2.22. The Morgan fingerprint density at radius 3 is 2.73 bits per heavy atom. The van der Waals surface area contributed by atoms with Crippen LogP contribution in [-0.2, 0) is 14.3 Å². The zero-order valence-corrected chi connectivity index (χ0v) is 14.2. The van der Waals surface area contributed by atoms with Crippen molar-refractivity contribution >= 4 is 11.8 Å². The van der Waals surface area contributed by atoms with Crippen molar-refractivity contribution < 1.29 is 14.3 Å². The summed E-state index contributed by atoms with van der Waals surface area (Å²) in [6.07, 6.45) is 3.82. The summed E-state index contributed by atoms with van der Waals surface area (Å²) in [6.45, 7) is 6.97. The van der Waals surface area contributed by atoms with Gasteiger partial charge in [0, 0.05) is 32.8 Å². The molecule has 1 saturated heterocycles. The molecule has 0 bridgehead atoms. The third-order valence-electron chi connectivity index (χ3n) is 4.16. The lowest BCUT2D eigenvalue weighted by Gasteiger charge is -2.37. The molecule has 0 spiro atoms. The first kappa shape index (κ1) is 18.9. The van der Waals surface area contributed by atoms with E-state index in [2.05, 4.69) is 24.5 Å². The Bertz CT molecular complexity index is 350. The number of likely N-dealkylation sites (tertiary alicyclic amines) is 1. The largest absolute Gasteiger partial charge is 0.383 e. The molecule has 0 aromatic heterocycles. The van der Waals surface area contributed by atoms with Crippen molar-refractivity contribution in [3.8, 4) is 0 Å². The average Bonchev–Trinajstić information content (AvgIpc) is 2.52. The number of unbranched alkanes of at least 4 members (excludes halogenated alkanes) is 1. The van der Waals surface area contributed by atoms with Crippen molar-refractivity contribution in [1.82, 2.24) is 15.5 Å². The minimum atomic E-state index is -0.0732. The molecule has 1 aliphatic heterocycles. The van der Waals surface area contributed by atoms with Crippen LogP contribution < -0.4 is 10.6 Å². The highest BCUT2D eigenvalue weighted by Gasteiger charge is 2.32. The molecule has 128 valence electrons. The van der Waals surface area contributed by atoms with E-state index in [1.807, 2.05) is 4.90 Å². The molecule has 0 aromatic rings. The van der Waals surface area contributed by atoms with E-state index in [0.29, 0.717) is 26.2 Å². The van der Waals surface area contributed by atoms with Crippen molar-refractivity contribution in [2.75, 3.05) is 39.9 Å². The van der Waals surface area contributed by atoms with E-state index >= 15 is 0 Å². The number of amides is 2. The summed E-state index contributed by atoms with van der Waals surface area (Å²) in [5.41, 5.74) is 0. The van der Waals surface area contributed by atoms with E-state index < -0.39 is 0 Å². The number of nitrogens with one attached hydrogen (secondary N) is 2. The summed E-state index contributed by atoms with van der Waals surface area (Å²) in [7, 11) is 1.64. The summed E-state index contributed by atoms with van der Waals surface area (Å²) < 4.78 is 4.95. The van der Waals surface area contributed by atoms with E-state index in [4.69, 9.17) is 4.74 Å². The molecule has 2 atom stereocenters. The smallest absolute Gasteiger partial charge is 0.236 e. The Kier molecular flexibility index (Phi) is 9.08. The predicted octanol–water partition coefficient (Wildman–Crippen LogP) is 0.766. The van der Waals surface area contributed by atoms with Crippen LogP contribution in [-0.4, -0.2) is 62.7 Å². The number of carbonyl (C=O) groups excluding carboxylic acids is 2. The van der Waals surface area contributed by atoms with Gasteiger partial charge in [0.25, 0.3) is 0 Å². The molecule has 2 unspecified atom stereocenters. The van der Waals surface area contributed by atoms with E-state index in [9.17, 15) is 9.59 Å². The van der Waals surface area contributed by atoms with Gasteiger partial charge in [0.15, 0.2) is 0 Å². The van der Waals surface area contributed by atoms with Gasteiger partial charge in [0.2, 0.25) is 11.8 Å². The molecule has 0 saturated carbocycles. The first-order valence-electron chi connectivity index (χ1n) is 8.37. The molecule has 2 amide bonds. The van der Waals surface area contributed by atoms with Gasteiger partial charge in [-0.25, -0.2) is 0 Å². The van der Waals surface area contributed by atoms with E-state index in [1.165, 1.54) is 0 Å². The lowest BCUT2D eigenvalue weighted by atomic mass is 9.92.